The molecule has 0 spiro atoms. The van der Waals surface area contributed by atoms with Crippen LogP contribution in [0.5, 0.6) is 11.5 Å². The summed E-state index contributed by atoms with van der Waals surface area (Å²) in [6, 6.07) is 7.17. The predicted molar refractivity (Wildman–Crippen MR) is 94.2 cm³/mol. The molecule has 28 heavy (non-hydrogen) atoms. The number of rotatable bonds is 6. The van der Waals surface area contributed by atoms with Crippen LogP contribution in [0.15, 0.2) is 36.7 Å². The number of aromatic nitrogens is 2. The number of benzene rings is 1. The minimum Gasteiger partial charge on any atom is -0.454 e. The Morgan fingerprint density at radius 3 is 2.71 bits per heavy atom. The first kappa shape index (κ1) is 19.9. The lowest BCUT2D eigenvalue weighted by atomic mass is 10.2. The summed E-state index contributed by atoms with van der Waals surface area (Å²) in [5, 5.41) is 2.91. The Morgan fingerprint density at radius 2 is 2.04 bits per heavy atom. The zero-order valence-electron chi connectivity index (χ0n) is 15.1. The highest BCUT2D eigenvalue weighted by atomic mass is 19.4. The second-order valence-corrected chi connectivity index (χ2v) is 6.27. The Labute approximate surface area is 159 Å². The molecule has 0 aliphatic carbocycles. The molecule has 1 aliphatic heterocycles. The number of carbonyl (C=O) groups is 1. The van der Waals surface area contributed by atoms with Crippen molar-refractivity contribution >= 4 is 11.6 Å². The maximum atomic E-state index is 12.5. The normalized spacial score (nSPS) is 16.9. The van der Waals surface area contributed by atoms with Gasteiger partial charge in [-0.25, -0.2) is 9.97 Å². The molecule has 1 amide bonds. The number of ether oxygens (including phenoxy) is 2. The molecule has 10 heteroatoms. The number of carbonyl (C=O) groups excluding carboxylic acids is 1. The molecule has 1 N–H and O–H groups in total. The van der Waals surface area contributed by atoms with E-state index in [4.69, 9.17) is 9.47 Å². The Bertz CT molecular complexity index is 814. The van der Waals surface area contributed by atoms with Crippen molar-refractivity contribution in [3.05, 3.63) is 42.5 Å². The van der Waals surface area contributed by atoms with Gasteiger partial charge in [0.1, 0.15) is 12.4 Å². The van der Waals surface area contributed by atoms with E-state index in [0.717, 1.165) is 31.0 Å². The maximum Gasteiger partial charge on any atom is 0.451 e. The number of alkyl halides is 3. The van der Waals surface area contributed by atoms with E-state index in [9.17, 15) is 18.0 Å². The second kappa shape index (κ2) is 8.42. The lowest BCUT2D eigenvalue weighted by molar-refractivity contribution is -0.145. The van der Waals surface area contributed by atoms with E-state index in [1.54, 1.807) is 18.2 Å². The number of nitrogens with zero attached hydrogens (tertiary/aromatic N) is 3. The lowest BCUT2D eigenvalue weighted by Crippen LogP contribution is -2.38. The zero-order valence-corrected chi connectivity index (χ0v) is 15.1. The lowest BCUT2D eigenvalue weighted by Gasteiger charge is -2.20. The summed E-state index contributed by atoms with van der Waals surface area (Å²) in [5.41, 5.74) is 0.883. The van der Waals surface area contributed by atoms with Crippen LogP contribution in [0.25, 0.3) is 0 Å². The van der Waals surface area contributed by atoms with Crippen LogP contribution in [0, 0.1) is 0 Å². The molecular formula is C18H19F3N4O3. The van der Waals surface area contributed by atoms with Gasteiger partial charge in [-0.3, -0.25) is 4.79 Å². The van der Waals surface area contributed by atoms with Gasteiger partial charge in [0.25, 0.3) is 0 Å². The van der Waals surface area contributed by atoms with Crippen LogP contribution < -0.4 is 15.0 Å². The number of halogens is 3. The summed E-state index contributed by atoms with van der Waals surface area (Å²) in [6.45, 7) is 1.42. The molecule has 3 rings (SSSR count). The minimum absolute atomic E-state index is 0.0228. The van der Waals surface area contributed by atoms with Crippen LogP contribution >= 0.6 is 0 Å². The Morgan fingerprint density at radius 1 is 1.29 bits per heavy atom. The van der Waals surface area contributed by atoms with Crippen LogP contribution in [-0.2, 0) is 15.7 Å². The molecule has 0 unspecified atom stereocenters. The molecular weight excluding hydrogens is 377 g/mol. The van der Waals surface area contributed by atoms with E-state index < -0.39 is 12.0 Å². The van der Waals surface area contributed by atoms with Crippen molar-refractivity contribution in [3.8, 4) is 11.5 Å². The number of nitrogens with one attached hydrogen (secondary N) is 1. The summed E-state index contributed by atoms with van der Waals surface area (Å²) in [6.07, 6.45) is -1.82. The van der Waals surface area contributed by atoms with Gasteiger partial charge in [0.2, 0.25) is 11.7 Å². The van der Waals surface area contributed by atoms with Crippen LogP contribution in [0.1, 0.15) is 12.2 Å². The van der Waals surface area contributed by atoms with E-state index in [2.05, 4.69) is 20.2 Å². The molecule has 0 bridgehead atoms. The number of hydrogen-bond donors (Lipinski definition) is 1. The van der Waals surface area contributed by atoms with Gasteiger partial charge in [0.15, 0.2) is 5.75 Å². The maximum absolute atomic E-state index is 12.5. The number of anilines is 1. The summed E-state index contributed by atoms with van der Waals surface area (Å²) < 4.78 is 47.9. The monoisotopic (exact) mass is 396 g/mol. The Hall–Kier alpha value is -2.88. The standard InChI is InChI=1S/C18H19F3N4O3/c1-27-11-16(26)24-12-5-6-25(10-12)13-3-2-4-14(7-13)28-15-8-22-17(23-9-15)18(19,20)21/h2-4,7-9,12H,5-6,10-11H2,1H3,(H,24,26)/t12-/m0/s1. The largest absolute Gasteiger partial charge is 0.454 e. The summed E-state index contributed by atoms with van der Waals surface area (Å²) in [5.74, 6) is -0.815. The molecule has 0 radical (unpaired) electrons. The molecule has 2 heterocycles. The van der Waals surface area contributed by atoms with Gasteiger partial charge in [-0.15, -0.1) is 0 Å². The Kier molecular flexibility index (Phi) is 5.98. The first-order valence-corrected chi connectivity index (χ1v) is 8.55. The fourth-order valence-corrected chi connectivity index (χ4v) is 2.91. The molecule has 1 fully saturated rings. The fraction of sp³-hybridized carbons (Fsp3) is 0.389. The molecule has 2 aromatic rings. The highest BCUT2D eigenvalue weighted by Crippen LogP contribution is 2.29. The molecule has 1 aliphatic rings. The second-order valence-electron chi connectivity index (χ2n) is 6.27. The van der Waals surface area contributed by atoms with Gasteiger partial charge in [-0.1, -0.05) is 6.07 Å². The van der Waals surface area contributed by atoms with Crippen molar-refractivity contribution in [2.24, 2.45) is 0 Å². The van der Waals surface area contributed by atoms with Crippen molar-refractivity contribution in [3.63, 3.8) is 0 Å². The van der Waals surface area contributed by atoms with E-state index in [1.807, 2.05) is 6.07 Å². The molecule has 0 saturated carbocycles. The highest BCUT2D eigenvalue weighted by molar-refractivity contribution is 5.77. The van der Waals surface area contributed by atoms with Crippen molar-refractivity contribution in [1.29, 1.82) is 0 Å². The van der Waals surface area contributed by atoms with Crippen LogP contribution in [-0.4, -0.2) is 48.7 Å². The number of hydrogen-bond acceptors (Lipinski definition) is 6. The SMILES string of the molecule is COCC(=O)N[C@H]1CCN(c2cccc(Oc3cnc(C(F)(F)F)nc3)c2)C1. The van der Waals surface area contributed by atoms with Gasteiger partial charge >= 0.3 is 6.18 Å². The van der Waals surface area contributed by atoms with Crippen LogP contribution in [0.2, 0.25) is 0 Å². The third kappa shape index (κ3) is 5.10. The van der Waals surface area contributed by atoms with Gasteiger partial charge < -0.3 is 19.7 Å². The van der Waals surface area contributed by atoms with Crippen LogP contribution in [0.3, 0.4) is 0 Å². The average Bonchev–Trinajstić information content (AvgIpc) is 3.10. The smallest absolute Gasteiger partial charge is 0.451 e. The van der Waals surface area contributed by atoms with E-state index in [1.165, 1.54) is 7.11 Å². The Balaban J connectivity index is 1.62. The zero-order chi connectivity index (χ0) is 20.1. The van der Waals surface area contributed by atoms with Gasteiger partial charge in [-0.2, -0.15) is 13.2 Å². The third-order valence-corrected chi connectivity index (χ3v) is 4.13. The molecule has 1 saturated heterocycles. The van der Waals surface area contributed by atoms with Crippen molar-refractivity contribution in [1.82, 2.24) is 15.3 Å². The van der Waals surface area contributed by atoms with Crippen molar-refractivity contribution < 1.29 is 27.4 Å². The van der Waals surface area contributed by atoms with E-state index in [0.29, 0.717) is 12.3 Å². The summed E-state index contributed by atoms with van der Waals surface area (Å²) in [4.78, 5) is 20.3. The van der Waals surface area contributed by atoms with Gasteiger partial charge in [0, 0.05) is 38.0 Å². The topological polar surface area (TPSA) is 76.6 Å². The number of amides is 1. The molecule has 1 aromatic carbocycles. The van der Waals surface area contributed by atoms with Crippen molar-refractivity contribution in [2.75, 3.05) is 31.7 Å². The van der Waals surface area contributed by atoms with E-state index >= 15 is 0 Å². The molecule has 150 valence electrons. The first-order chi connectivity index (χ1) is 13.3. The van der Waals surface area contributed by atoms with Crippen LogP contribution in [0.4, 0.5) is 18.9 Å². The van der Waals surface area contributed by atoms with Gasteiger partial charge in [-0.05, 0) is 18.6 Å². The number of methoxy groups -OCH3 is 1. The highest BCUT2D eigenvalue weighted by Gasteiger charge is 2.34. The molecule has 1 atom stereocenters. The molecule has 7 nitrogen and oxygen atoms in total. The quantitative estimate of drug-likeness (QED) is 0.809. The summed E-state index contributed by atoms with van der Waals surface area (Å²) >= 11 is 0. The van der Waals surface area contributed by atoms with E-state index in [-0.39, 0.29) is 24.3 Å². The summed E-state index contributed by atoms with van der Waals surface area (Å²) in [7, 11) is 1.47. The third-order valence-electron chi connectivity index (χ3n) is 4.13. The van der Waals surface area contributed by atoms with Crippen molar-refractivity contribution in [2.45, 2.75) is 18.6 Å². The first-order valence-electron chi connectivity index (χ1n) is 8.55. The minimum atomic E-state index is -4.59. The average molecular weight is 396 g/mol. The molecule has 1 aromatic heterocycles. The van der Waals surface area contributed by atoms with Gasteiger partial charge in [0.05, 0.1) is 12.4 Å². The fourth-order valence-electron chi connectivity index (χ4n) is 2.91. The predicted octanol–water partition coefficient (Wildman–Crippen LogP) is 2.63.